The lowest BCUT2D eigenvalue weighted by atomic mass is 9.85. The summed E-state index contributed by atoms with van der Waals surface area (Å²) in [7, 11) is -5.89. The zero-order chi connectivity index (χ0) is 81.5. The van der Waals surface area contributed by atoms with Crippen LogP contribution in [0.25, 0.3) is 0 Å². The number of phosphoric acid groups is 1. The van der Waals surface area contributed by atoms with Crippen LogP contribution in [0, 0.1) is 5.41 Å². The summed E-state index contributed by atoms with van der Waals surface area (Å²) >= 11 is 0. The second-order valence-corrected chi connectivity index (χ2v) is 30.2. The van der Waals surface area contributed by atoms with Crippen molar-refractivity contribution in [1.82, 2.24) is 16.0 Å². The smallest absolute Gasteiger partial charge is 0.474 e. The molecule has 27 atom stereocenters. The lowest BCUT2D eigenvalue weighted by Crippen LogP contribution is -2.72. The van der Waals surface area contributed by atoms with E-state index in [2.05, 4.69) is 75.4 Å². The molecule has 0 bridgehead atoms. The average Bonchev–Trinajstić information content (AvgIpc) is 1.80. The number of aliphatic hydroxyl groups is 11. The number of allylic oxidation sites excluding steroid dienone is 10. The van der Waals surface area contributed by atoms with E-state index in [0.29, 0.717) is 19.8 Å². The highest BCUT2D eigenvalue weighted by Crippen LogP contribution is 2.49. The fourth-order valence-electron chi connectivity index (χ4n) is 12.6. The van der Waals surface area contributed by atoms with Crippen molar-refractivity contribution in [3.05, 3.63) is 70.7 Å². The Labute approximate surface area is 628 Å². The zero-order valence-corrected chi connectivity index (χ0v) is 63.0. The van der Waals surface area contributed by atoms with E-state index in [0.717, 1.165) is 57.1 Å². The van der Waals surface area contributed by atoms with Gasteiger partial charge in [-0.25, -0.2) is 18.9 Å². The van der Waals surface area contributed by atoms with E-state index < -0.39 is 240 Å². The Bertz CT molecular complexity index is 3360. The molecule has 0 radical (unpaired) electrons. The molecule has 4 amide bonds. The first-order valence-electron chi connectivity index (χ1n) is 35.3. The first-order valence-corrected chi connectivity index (χ1v) is 36.8. The molecular formula is C69H107N4O35P. The van der Waals surface area contributed by atoms with Crippen LogP contribution >= 0.6 is 7.82 Å². The molecule has 27 unspecified atom stereocenters. The van der Waals surface area contributed by atoms with Crippen LogP contribution in [0.2, 0.25) is 0 Å². The predicted octanol–water partition coefficient (Wildman–Crippen LogP) is -1.43. The van der Waals surface area contributed by atoms with E-state index in [1.165, 1.54) is 18.1 Å². The molecule has 0 spiro atoms. The molecule has 5 saturated heterocycles. The van der Waals surface area contributed by atoms with Gasteiger partial charge in [-0.15, -0.1) is 0 Å². The monoisotopic (exact) mass is 1580 g/mol. The Hall–Kier alpha value is -6.16. The number of carbonyl (C=O) groups is 7. The number of aliphatic hydroxyl groups excluding tert-OH is 10. The van der Waals surface area contributed by atoms with E-state index in [1.807, 2.05) is 6.08 Å². The summed E-state index contributed by atoms with van der Waals surface area (Å²) in [6.45, 7) is 16.6. The molecule has 1 aliphatic carbocycles. The van der Waals surface area contributed by atoms with Crippen molar-refractivity contribution in [2.45, 2.75) is 286 Å². The van der Waals surface area contributed by atoms with Gasteiger partial charge >= 0.3 is 25.9 Å². The Morgan fingerprint density at radius 3 is 1.88 bits per heavy atom. The molecule has 6 rings (SSSR count). The van der Waals surface area contributed by atoms with Crippen molar-refractivity contribution in [2.24, 2.45) is 11.1 Å². The van der Waals surface area contributed by atoms with Gasteiger partial charge in [0.15, 0.2) is 67.8 Å². The summed E-state index contributed by atoms with van der Waals surface area (Å²) in [6.07, 6.45) is -36.2. The Balaban J connectivity index is 1.25. The SMILES string of the molecule is C=C(CC=C(C)CCC=C(C)C)CCC(C)(C)C=CCCC(C)=CCOC(COP(=O)(O)OC1OC(C(=O)O)C(C)(O)C(OC(N)=O)C1OC1OC(COC2OC(CO)C(O)C(O)C2O)C(OC2OC(C)C(OC3OC(C(=O)NC4=C(O)CCC4=O)C(O)C(O)C3O)C(O)C2NC(C)=O)C(O)C1NC(C)=O)C(=O)O. The number of carboxylic acids is 2. The molecule has 109 heavy (non-hydrogen) atoms. The van der Waals surface area contributed by atoms with Crippen LogP contribution in [0.5, 0.6) is 0 Å². The Morgan fingerprint density at radius 1 is 0.716 bits per heavy atom. The van der Waals surface area contributed by atoms with E-state index in [-0.39, 0.29) is 24.9 Å². The van der Waals surface area contributed by atoms with Gasteiger partial charge in [-0.05, 0) is 91.9 Å². The molecule has 40 heteroatoms. The first kappa shape index (κ1) is 91.7. The number of carboxylic acid groups (broad SMARTS) is 2. The largest absolute Gasteiger partial charge is 0.510 e. The molecule has 39 nitrogen and oxygen atoms in total. The topological polar surface area (TPSA) is 602 Å². The van der Waals surface area contributed by atoms with Gasteiger partial charge in [0.2, 0.25) is 11.8 Å². The fraction of sp³-hybridized carbons (Fsp3) is 0.725. The Morgan fingerprint density at radius 2 is 1.29 bits per heavy atom. The number of hydrogen-bond acceptors (Lipinski definition) is 32. The number of amides is 4. The highest BCUT2D eigenvalue weighted by Gasteiger charge is 2.63. The summed E-state index contributed by atoms with van der Waals surface area (Å²) in [5.74, 6) is -8.21. The maximum absolute atomic E-state index is 14.1. The molecule has 0 aromatic heterocycles. The highest BCUT2D eigenvalue weighted by atomic mass is 31.2. The number of ketones is 1. The van der Waals surface area contributed by atoms with Gasteiger partial charge in [0, 0.05) is 26.7 Å². The zero-order valence-electron chi connectivity index (χ0n) is 62.1. The van der Waals surface area contributed by atoms with E-state index in [9.17, 15) is 109 Å². The summed E-state index contributed by atoms with van der Waals surface area (Å²) in [5.41, 5.74) is 6.20. The number of phosphoric ester groups is 1. The molecular weight excluding hydrogens is 1480 g/mol. The first-order chi connectivity index (χ1) is 50.9. The van der Waals surface area contributed by atoms with E-state index in [4.69, 9.17) is 66.9 Å². The van der Waals surface area contributed by atoms with Crippen molar-refractivity contribution >= 4 is 49.4 Å². The van der Waals surface area contributed by atoms with Crippen LogP contribution < -0.4 is 21.7 Å². The van der Waals surface area contributed by atoms with E-state index >= 15 is 0 Å². The number of Topliss-reactive ketones (excluding diaryl/α,β-unsaturated/α-hetero) is 1. The minimum atomic E-state index is -5.89. The number of rotatable bonds is 37. The van der Waals surface area contributed by atoms with Gasteiger partial charge < -0.3 is 145 Å². The third-order valence-corrected chi connectivity index (χ3v) is 19.8. The number of primary amides is 1. The normalized spacial score (nSPS) is 35.6. The summed E-state index contributed by atoms with van der Waals surface area (Å²) in [4.78, 5) is 101. The van der Waals surface area contributed by atoms with Gasteiger partial charge in [0.1, 0.15) is 102 Å². The van der Waals surface area contributed by atoms with Gasteiger partial charge in [0.05, 0.1) is 32.5 Å². The van der Waals surface area contributed by atoms with Crippen LogP contribution in [0.4, 0.5) is 4.79 Å². The number of carbonyl (C=O) groups excluding carboxylic acids is 5. The van der Waals surface area contributed by atoms with Crippen LogP contribution in [0.3, 0.4) is 0 Å². The summed E-state index contributed by atoms with van der Waals surface area (Å²) in [6, 6.07) is -4.03. The predicted molar refractivity (Wildman–Crippen MR) is 370 cm³/mol. The molecule has 0 saturated carbocycles. The molecule has 0 aromatic carbocycles. The van der Waals surface area contributed by atoms with Crippen LogP contribution in [0.1, 0.15) is 127 Å². The molecule has 5 aliphatic heterocycles. The maximum Gasteiger partial charge on any atom is 0.474 e. The van der Waals surface area contributed by atoms with Gasteiger partial charge in [0.25, 0.3) is 5.91 Å². The molecule has 19 N–H and O–H groups in total. The third kappa shape index (κ3) is 25.4. The number of nitrogens with one attached hydrogen (secondary N) is 3. The van der Waals surface area contributed by atoms with Crippen molar-refractivity contribution in [3.8, 4) is 0 Å². The minimum absolute atomic E-state index is 0.131. The molecule has 6 aliphatic rings. The lowest BCUT2D eigenvalue weighted by Gasteiger charge is -2.51. The van der Waals surface area contributed by atoms with Crippen LogP contribution in [-0.2, 0) is 94.5 Å². The standard InChI is InChI=1S/C69H107N4O35P/c1-30(2)15-14-17-31(3)18-19-33(5)22-25-68(9,10)24-13-12-16-32(4)23-26-96-41(60(88)89)29-98-109(94,95)108-66-56(57(107-67(70)92)69(11,93)58(106-66)61(90)91)105-63-44(72-36(8)76)47(81)54(40(101-63)28-97-64-51(85)48(82)45(79)39(27-74)100-64)103-62-43(71-35(7)75)46(80)53(34(6)99-62)102-65-52(86)49(83)50(84)55(104-65)59(87)73-42-37(77)20-21-38(42)78/h13,15,18,23-24,34,39-41,43-58,62-66,74,77,79-86,93H,5,12,14,16-17,19-22,25-29H2,1-4,6-11H3,(H2,70,92)(H,71,75)(H,72,76)(H,73,87)(H,88,89)(H,90,91)(H,94,95). The number of ether oxygens (including phenoxy) is 11. The molecule has 0 aromatic rings. The number of hydrogen-bond donors (Lipinski definition) is 18. The van der Waals surface area contributed by atoms with Gasteiger partial charge in [-0.1, -0.05) is 73.1 Å². The average molecular weight is 1580 g/mol. The van der Waals surface area contributed by atoms with Crippen LogP contribution in [-0.4, -0.2) is 298 Å². The van der Waals surface area contributed by atoms with Crippen molar-refractivity contribution in [2.75, 3.05) is 26.4 Å². The molecule has 618 valence electrons. The second-order valence-electron chi connectivity index (χ2n) is 28.8. The Kier molecular flexibility index (Phi) is 34.1. The van der Waals surface area contributed by atoms with Gasteiger partial charge in [-0.2, -0.15) is 0 Å². The fourth-order valence-corrected chi connectivity index (χ4v) is 13.4. The summed E-state index contributed by atoms with van der Waals surface area (Å²) in [5, 5.41) is 149. The summed E-state index contributed by atoms with van der Waals surface area (Å²) < 4.78 is 88.5. The van der Waals surface area contributed by atoms with Crippen molar-refractivity contribution < 1.29 is 171 Å². The molecule has 5 fully saturated rings. The number of nitrogens with two attached hydrogens (primary N) is 1. The maximum atomic E-state index is 14.1. The minimum Gasteiger partial charge on any atom is -0.510 e. The number of aliphatic carboxylic acids is 2. The third-order valence-electron chi connectivity index (χ3n) is 18.9. The van der Waals surface area contributed by atoms with Crippen molar-refractivity contribution in [3.63, 3.8) is 0 Å². The highest BCUT2D eigenvalue weighted by molar-refractivity contribution is 7.47. The second kappa shape index (κ2) is 40.5. The quantitative estimate of drug-likeness (QED) is 0.0250. The van der Waals surface area contributed by atoms with Crippen molar-refractivity contribution in [1.29, 1.82) is 0 Å². The van der Waals surface area contributed by atoms with Crippen LogP contribution in [0.15, 0.2) is 70.7 Å². The van der Waals surface area contributed by atoms with E-state index in [1.54, 1.807) is 13.0 Å². The van der Waals surface area contributed by atoms with Gasteiger partial charge in [-0.3, -0.25) is 28.2 Å². The molecule has 5 heterocycles. The lowest BCUT2D eigenvalue weighted by molar-refractivity contribution is -0.375.